The van der Waals surface area contributed by atoms with E-state index >= 15 is 0 Å². The van der Waals surface area contributed by atoms with E-state index in [9.17, 15) is 9.59 Å². The van der Waals surface area contributed by atoms with Crippen LogP contribution in [0.4, 0.5) is 0 Å². The Morgan fingerprint density at radius 1 is 1.20 bits per heavy atom. The third-order valence-corrected chi connectivity index (χ3v) is 1.94. The molecule has 0 radical (unpaired) electrons. The summed E-state index contributed by atoms with van der Waals surface area (Å²) in [5.41, 5.74) is 0. The molecule has 2 amide bonds. The van der Waals surface area contributed by atoms with E-state index in [1.54, 1.807) is 26.0 Å². The van der Waals surface area contributed by atoms with E-state index in [4.69, 9.17) is 0 Å². The van der Waals surface area contributed by atoms with Crippen molar-refractivity contribution in [3.8, 4) is 0 Å². The maximum absolute atomic E-state index is 11.3. The normalized spacial score (nSPS) is 9.80. The Morgan fingerprint density at radius 3 is 2.40 bits per heavy atom. The molecular formula is C9H20N4O2. The first kappa shape index (κ1) is 13.9. The van der Waals surface area contributed by atoms with Crippen molar-refractivity contribution >= 4 is 11.8 Å². The van der Waals surface area contributed by atoms with Gasteiger partial charge < -0.3 is 20.9 Å². The Labute approximate surface area is 90.4 Å². The summed E-state index contributed by atoms with van der Waals surface area (Å²) in [7, 11) is 5.06. The SMILES string of the molecule is CNCC(=O)N(C)CCNCC(=O)NC. The molecule has 0 fully saturated rings. The van der Waals surface area contributed by atoms with Crippen molar-refractivity contribution in [3.63, 3.8) is 0 Å². The number of nitrogens with one attached hydrogen (secondary N) is 3. The summed E-state index contributed by atoms with van der Waals surface area (Å²) in [6.45, 7) is 1.83. The summed E-state index contributed by atoms with van der Waals surface area (Å²) < 4.78 is 0. The fourth-order valence-corrected chi connectivity index (χ4v) is 0.948. The van der Waals surface area contributed by atoms with Crippen LogP contribution in [-0.4, -0.2) is 64.0 Å². The molecule has 15 heavy (non-hydrogen) atoms. The number of rotatable bonds is 7. The lowest BCUT2D eigenvalue weighted by Crippen LogP contribution is -2.40. The highest BCUT2D eigenvalue weighted by atomic mass is 16.2. The lowest BCUT2D eigenvalue weighted by Gasteiger charge is -2.16. The first-order valence-electron chi connectivity index (χ1n) is 4.91. The summed E-state index contributed by atoms with van der Waals surface area (Å²) in [6, 6.07) is 0. The number of amides is 2. The molecule has 0 aliphatic heterocycles. The second-order valence-electron chi connectivity index (χ2n) is 3.20. The van der Waals surface area contributed by atoms with Crippen LogP contribution in [0.2, 0.25) is 0 Å². The van der Waals surface area contributed by atoms with Crippen LogP contribution in [-0.2, 0) is 9.59 Å². The van der Waals surface area contributed by atoms with E-state index in [-0.39, 0.29) is 18.4 Å². The average molecular weight is 216 g/mol. The molecule has 0 saturated carbocycles. The summed E-state index contributed by atoms with van der Waals surface area (Å²) >= 11 is 0. The minimum atomic E-state index is -0.0563. The highest BCUT2D eigenvalue weighted by Crippen LogP contribution is 1.81. The van der Waals surface area contributed by atoms with E-state index in [0.29, 0.717) is 19.6 Å². The van der Waals surface area contributed by atoms with Gasteiger partial charge in [0.1, 0.15) is 0 Å². The van der Waals surface area contributed by atoms with Crippen LogP contribution in [0, 0.1) is 0 Å². The number of likely N-dealkylation sites (N-methyl/N-ethyl adjacent to an activating group) is 3. The molecule has 6 nitrogen and oxygen atoms in total. The van der Waals surface area contributed by atoms with Crippen molar-refractivity contribution in [1.29, 1.82) is 0 Å². The van der Waals surface area contributed by atoms with Gasteiger partial charge in [-0.1, -0.05) is 0 Å². The number of hydrogen-bond acceptors (Lipinski definition) is 4. The van der Waals surface area contributed by atoms with Crippen molar-refractivity contribution in [2.75, 3.05) is 47.3 Å². The Kier molecular flexibility index (Phi) is 7.57. The van der Waals surface area contributed by atoms with Gasteiger partial charge in [-0.25, -0.2) is 0 Å². The van der Waals surface area contributed by atoms with Crippen molar-refractivity contribution in [2.24, 2.45) is 0 Å². The monoisotopic (exact) mass is 216 g/mol. The Bertz CT molecular complexity index is 208. The van der Waals surface area contributed by atoms with Crippen LogP contribution in [0.3, 0.4) is 0 Å². The number of hydrogen-bond donors (Lipinski definition) is 3. The third kappa shape index (κ3) is 6.87. The molecule has 0 aliphatic rings. The van der Waals surface area contributed by atoms with Crippen LogP contribution < -0.4 is 16.0 Å². The molecule has 0 saturated heterocycles. The maximum Gasteiger partial charge on any atom is 0.236 e. The first-order valence-corrected chi connectivity index (χ1v) is 4.91. The fourth-order valence-electron chi connectivity index (χ4n) is 0.948. The molecule has 0 rings (SSSR count). The molecule has 3 N–H and O–H groups in total. The second kappa shape index (κ2) is 8.19. The van der Waals surface area contributed by atoms with Crippen LogP contribution in [0.5, 0.6) is 0 Å². The van der Waals surface area contributed by atoms with Gasteiger partial charge in [-0.3, -0.25) is 9.59 Å². The standard InChI is InChI=1S/C9H20N4O2/c1-10-7-9(15)13(3)5-4-12-6-8(14)11-2/h10,12H,4-7H2,1-3H3,(H,11,14). The van der Waals surface area contributed by atoms with Crippen LogP contribution in [0.25, 0.3) is 0 Å². The van der Waals surface area contributed by atoms with Crippen LogP contribution in [0.1, 0.15) is 0 Å². The molecule has 0 bridgehead atoms. The lowest BCUT2D eigenvalue weighted by molar-refractivity contribution is -0.128. The Morgan fingerprint density at radius 2 is 1.87 bits per heavy atom. The molecule has 0 aromatic heterocycles. The maximum atomic E-state index is 11.3. The van der Waals surface area contributed by atoms with Crippen molar-refractivity contribution in [1.82, 2.24) is 20.9 Å². The average Bonchev–Trinajstić information content (AvgIpc) is 2.23. The summed E-state index contributed by atoms with van der Waals surface area (Å²) in [6.07, 6.45) is 0. The molecular weight excluding hydrogens is 196 g/mol. The quantitative estimate of drug-likeness (QED) is 0.430. The van der Waals surface area contributed by atoms with Gasteiger partial charge in [0, 0.05) is 27.2 Å². The van der Waals surface area contributed by atoms with Crippen LogP contribution >= 0.6 is 0 Å². The molecule has 88 valence electrons. The van der Waals surface area contributed by atoms with Gasteiger partial charge >= 0.3 is 0 Å². The molecule has 0 aromatic rings. The zero-order valence-corrected chi connectivity index (χ0v) is 9.59. The van der Waals surface area contributed by atoms with Gasteiger partial charge in [-0.05, 0) is 7.05 Å². The van der Waals surface area contributed by atoms with Crippen molar-refractivity contribution in [3.05, 3.63) is 0 Å². The third-order valence-electron chi connectivity index (χ3n) is 1.94. The zero-order chi connectivity index (χ0) is 11.7. The second-order valence-corrected chi connectivity index (χ2v) is 3.20. The predicted molar refractivity (Wildman–Crippen MR) is 58.5 cm³/mol. The lowest BCUT2D eigenvalue weighted by atomic mass is 10.4. The van der Waals surface area contributed by atoms with E-state index in [1.807, 2.05) is 0 Å². The summed E-state index contributed by atoms with van der Waals surface area (Å²) in [5.74, 6) is -0.0153. The number of carbonyl (C=O) groups excluding carboxylic acids is 2. The Balaban J connectivity index is 3.50. The number of nitrogens with zero attached hydrogens (tertiary/aromatic N) is 1. The van der Waals surface area contributed by atoms with Gasteiger partial charge in [0.05, 0.1) is 13.1 Å². The molecule has 6 heteroatoms. The Hall–Kier alpha value is -1.14. The molecule has 0 aromatic carbocycles. The molecule has 0 unspecified atom stereocenters. The van der Waals surface area contributed by atoms with Crippen molar-refractivity contribution < 1.29 is 9.59 Å². The highest BCUT2D eigenvalue weighted by molar-refractivity contribution is 5.78. The van der Waals surface area contributed by atoms with Gasteiger partial charge in [-0.15, -0.1) is 0 Å². The first-order chi connectivity index (χ1) is 7.11. The van der Waals surface area contributed by atoms with E-state index in [0.717, 1.165) is 0 Å². The summed E-state index contributed by atoms with van der Waals surface area (Å²) in [5, 5.41) is 8.23. The van der Waals surface area contributed by atoms with Gasteiger partial charge in [0.2, 0.25) is 11.8 Å². The van der Waals surface area contributed by atoms with Crippen LogP contribution in [0.15, 0.2) is 0 Å². The minimum absolute atomic E-state index is 0.0410. The van der Waals surface area contributed by atoms with E-state index in [2.05, 4.69) is 16.0 Å². The van der Waals surface area contributed by atoms with Gasteiger partial charge in [0.25, 0.3) is 0 Å². The smallest absolute Gasteiger partial charge is 0.236 e. The van der Waals surface area contributed by atoms with Crippen molar-refractivity contribution in [2.45, 2.75) is 0 Å². The topological polar surface area (TPSA) is 73.5 Å². The fraction of sp³-hybridized carbons (Fsp3) is 0.778. The molecule has 0 atom stereocenters. The molecule has 0 aliphatic carbocycles. The van der Waals surface area contributed by atoms with Gasteiger partial charge in [0.15, 0.2) is 0 Å². The summed E-state index contributed by atoms with van der Waals surface area (Å²) in [4.78, 5) is 23.7. The molecule has 0 heterocycles. The minimum Gasteiger partial charge on any atom is -0.358 e. The van der Waals surface area contributed by atoms with E-state index < -0.39 is 0 Å². The molecule has 0 spiro atoms. The van der Waals surface area contributed by atoms with E-state index in [1.165, 1.54) is 0 Å². The largest absolute Gasteiger partial charge is 0.358 e. The number of carbonyl (C=O) groups is 2. The predicted octanol–water partition coefficient (Wildman–Crippen LogP) is -2.00. The zero-order valence-electron chi connectivity index (χ0n) is 9.59. The van der Waals surface area contributed by atoms with Gasteiger partial charge in [-0.2, -0.15) is 0 Å². The highest BCUT2D eigenvalue weighted by Gasteiger charge is 2.06.